The molecule has 21 heavy (non-hydrogen) atoms. The van der Waals surface area contributed by atoms with Crippen molar-refractivity contribution in [2.45, 2.75) is 12.8 Å². The Bertz CT molecular complexity index is 819. The van der Waals surface area contributed by atoms with Gasteiger partial charge in [0.25, 0.3) is 0 Å². The number of alkyl halides is 1. The molecule has 0 saturated carbocycles. The number of nitrogens with zero attached hydrogens (tertiary/aromatic N) is 2. The van der Waals surface area contributed by atoms with Crippen molar-refractivity contribution in [3.63, 3.8) is 0 Å². The molecule has 0 bridgehead atoms. The van der Waals surface area contributed by atoms with Gasteiger partial charge in [0, 0.05) is 12.1 Å². The molecular weight excluding hydrogens is 301 g/mol. The molecule has 1 heterocycles. The molecule has 0 N–H and O–H groups in total. The number of rotatable bonds is 2. The first-order valence-corrected chi connectivity index (χ1v) is 6.73. The number of imidazole rings is 1. The van der Waals surface area contributed by atoms with Gasteiger partial charge in [0.1, 0.15) is 17.3 Å². The number of benzene rings is 2. The highest BCUT2D eigenvalue weighted by Gasteiger charge is 2.19. The second kappa shape index (κ2) is 5.07. The van der Waals surface area contributed by atoms with E-state index in [9.17, 15) is 13.2 Å². The number of fused-ring (bicyclic) bond motifs is 1. The van der Waals surface area contributed by atoms with Crippen LogP contribution in [0.15, 0.2) is 30.3 Å². The van der Waals surface area contributed by atoms with Crippen LogP contribution in [0, 0.1) is 24.4 Å². The zero-order valence-electron chi connectivity index (χ0n) is 11.0. The second-order valence-corrected chi connectivity index (χ2v) is 4.97. The van der Waals surface area contributed by atoms with E-state index in [1.807, 2.05) is 6.92 Å². The summed E-state index contributed by atoms with van der Waals surface area (Å²) in [5.41, 5.74) is 1.68. The molecule has 108 valence electrons. The zero-order chi connectivity index (χ0) is 15.1. The largest absolute Gasteiger partial charge is 0.290 e. The van der Waals surface area contributed by atoms with Gasteiger partial charge in [0.2, 0.25) is 0 Å². The Morgan fingerprint density at radius 3 is 2.38 bits per heavy atom. The van der Waals surface area contributed by atoms with Gasteiger partial charge in [-0.05, 0) is 24.6 Å². The van der Waals surface area contributed by atoms with Gasteiger partial charge in [-0.2, -0.15) is 0 Å². The lowest BCUT2D eigenvalue weighted by atomic mass is 10.2. The third-order valence-corrected chi connectivity index (χ3v) is 3.44. The van der Waals surface area contributed by atoms with Crippen LogP contribution in [-0.2, 0) is 5.88 Å². The molecule has 0 aliphatic rings. The first-order valence-electron chi connectivity index (χ1n) is 6.20. The van der Waals surface area contributed by atoms with E-state index >= 15 is 0 Å². The Labute approximate surface area is 123 Å². The van der Waals surface area contributed by atoms with E-state index in [1.165, 1.54) is 4.57 Å². The van der Waals surface area contributed by atoms with Gasteiger partial charge in [-0.15, -0.1) is 11.6 Å². The minimum absolute atomic E-state index is 0.0238. The van der Waals surface area contributed by atoms with Crippen LogP contribution in [0.25, 0.3) is 16.7 Å². The Morgan fingerprint density at radius 1 is 1.10 bits per heavy atom. The molecule has 0 unspecified atom stereocenters. The molecule has 3 rings (SSSR count). The maximum absolute atomic E-state index is 14.0. The number of halogens is 4. The highest BCUT2D eigenvalue weighted by molar-refractivity contribution is 6.17. The summed E-state index contributed by atoms with van der Waals surface area (Å²) in [5, 5.41) is 0. The van der Waals surface area contributed by atoms with Crippen molar-refractivity contribution in [3.8, 4) is 5.69 Å². The molecule has 6 heteroatoms. The van der Waals surface area contributed by atoms with Crippen LogP contribution in [-0.4, -0.2) is 9.55 Å². The predicted molar refractivity (Wildman–Crippen MR) is 75.2 cm³/mol. The normalized spacial score (nSPS) is 11.3. The van der Waals surface area contributed by atoms with Crippen LogP contribution in [0.1, 0.15) is 11.4 Å². The smallest absolute Gasteiger partial charge is 0.153 e. The van der Waals surface area contributed by atoms with E-state index in [0.717, 1.165) is 5.56 Å². The summed E-state index contributed by atoms with van der Waals surface area (Å²) < 4.78 is 42.4. The monoisotopic (exact) mass is 310 g/mol. The van der Waals surface area contributed by atoms with E-state index < -0.39 is 17.5 Å². The molecule has 0 fully saturated rings. The van der Waals surface area contributed by atoms with E-state index in [2.05, 4.69) is 4.98 Å². The average molecular weight is 311 g/mol. The van der Waals surface area contributed by atoms with Gasteiger partial charge in [-0.1, -0.05) is 6.07 Å². The highest BCUT2D eigenvalue weighted by Crippen LogP contribution is 2.27. The molecule has 0 aliphatic heterocycles. The number of hydrogen-bond acceptors (Lipinski definition) is 1. The lowest BCUT2D eigenvalue weighted by Gasteiger charge is -2.10. The number of hydrogen-bond donors (Lipinski definition) is 0. The van der Waals surface area contributed by atoms with Gasteiger partial charge in [-0.3, -0.25) is 4.57 Å². The quantitative estimate of drug-likeness (QED) is 0.638. The second-order valence-electron chi connectivity index (χ2n) is 4.71. The summed E-state index contributed by atoms with van der Waals surface area (Å²) in [4.78, 5) is 4.28. The van der Waals surface area contributed by atoms with Crippen LogP contribution in [0.3, 0.4) is 0 Å². The molecule has 2 nitrogen and oxygen atoms in total. The lowest BCUT2D eigenvalue weighted by molar-refractivity contribution is 0.534. The highest BCUT2D eigenvalue weighted by atomic mass is 35.5. The Hall–Kier alpha value is -2.01. The Kier molecular flexibility index (Phi) is 3.37. The molecular formula is C15H10ClF3N2. The first kappa shape index (κ1) is 13.9. The van der Waals surface area contributed by atoms with Crippen LogP contribution < -0.4 is 0 Å². The van der Waals surface area contributed by atoms with E-state index in [-0.39, 0.29) is 11.6 Å². The van der Waals surface area contributed by atoms with Crippen LogP contribution in [0.5, 0.6) is 0 Å². The van der Waals surface area contributed by atoms with Gasteiger partial charge >= 0.3 is 0 Å². The molecule has 0 atom stereocenters. The molecule has 0 saturated heterocycles. The van der Waals surface area contributed by atoms with Crippen molar-refractivity contribution in [1.29, 1.82) is 0 Å². The Balaban J connectivity index is 2.39. The fraction of sp³-hybridized carbons (Fsp3) is 0.133. The summed E-state index contributed by atoms with van der Waals surface area (Å²) in [6.45, 7) is 1.89. The standard InChI is InChI=1S/C15H10ClF3N2/c1-8-2-3-13-12(4-8)20-14(7-16)21(13)15-10(18)5-9(17)6-11(15)19/h2-6H,7H2,1H3. The van der Waals surface area contributed by atoms with Crippen molar-refractivity contribution in [3.05, 3.63) is 59.2 Å². The molecule has 0 spiro atoms. The van der Waals surface area contributed by atoms with Gasteiger partial charge in [0.05, 0.1) is 16.9 Å². The van der Waals surface area contributed by atoms with Crippen molar-refractivity contribution in [2.75, 3.05) is 0 Å². The van der Waals surface area contributed by atoms with Gasteiger partial charge in [-0.25, -0.2) is 18.2 Å². The van der Waals surface area contributed by atoms with Crippen LogP contribution in [0.4, 0.5) is 13.2 Å². The van der Waals surface area contributed by atoms with E-state index in [0.29, 0.717) is 29.0 Å². The zero-order valence-corrected chi connectivity index (χ0v) is 11.8. The van der Waals surface area contributed by atoms with Gasteiger partial charge < -0.3 is 0 Å². The third-order valence-electron chi connectivity index (χ3n) is 3.20. The fourth-order valence-corrected chi connectivity index (χ4v) is 2.51. The third kappa shape index (κ3) is 2.27. The Morgan fingerprint density at radius 2 is 1.76 bits per heavy atom. The van der Waals surface area contributed by atoms with Crippen molar-refractivity contribution >= 4 is 22.6 Å². The van der Waals surface area contributed by atoms with Crippen molar-refractivity contribution in [2.24, 2.45) is 0 Å². The first-order chi connectivity index (χ1) is 10.0. The van der Waals surface area contributed by atoms with E-state index in [1.54, 1.807) is 18.2 Å². The molecule has 2 aromatic carbocycles. The van der Waals surface area contributed by atoms with E-state index in [4.69, 9.17) is 11.6 Å². The fourth-order valence-electron chi connectivity index (χ4n) is 2.33. The number of aryl methyl sites for hydroxylation is 1. The van der Waals surface area contributed by atoms with Crippen molar-refractivity contribution in [1.82, 2.24) is 9.55 Å². The summed E-state index contributed by atoms with van der Waals surface area (Å²) in [5.74, 6) is -2.70. The molecule has 3 aromatic rings. The molecule has 1 aromatic heterocycles. The average Bonchev–Trinajstić information content (AvgIpc) is 2.75. The van der Waals surface area contributed by atoms with Crippen LogP contribution in [0.2, 0.25) is 0 Å². The minimum Gasteiger partial charge on any atom is -0.290 e. The summed E-state index contributed by atoms with van der Waals surface area (Å²) in [7, 11) is 0. The molecule has 0 aliphatic carbocycles. The molecule has 0 radical (unpaired) electrons. The van der Waals surface area contributed by atoms with Crippen molar-refractivity contribution < 1.29 is 13.2 Å². The minimum atomic E-state index is -1.00. The maximum atomic E-state index is 14.0. The SMILES string of the molecule is Cc1ccc2c(c1)nc(CCl)n2-c1c(F)cc(F)cc1F. The maximum Gasteiger partial charge on any atom is 0.153 e. The summed E-state index contributed by atoms with van der Waals surface area (Å²) >= 11 is 5.83. The molecule has 0 amide bonds. The van der Waals surface area contributed by atoms with Crippen LogP contribution >= 0.6 is 11.6 Å². The summed E-state index contributed by atoms with van der Waals surface area (Å²) in [6.07, 6.45) is 0. The summed E-state index contributed by atoms with van der Waals surface area (Å²) in [6, 6.07) is 6.57. The predicted octanol–water partition coefficient (Wildman–Crippen LogP) is 4.49. The van der Waals surface area contributed by atoms with Gasteiger partial charge in [0.15, 0.2) is 11.6 Å². The lowest BCUT2D eigenvalue weighted by Crippen LogP contribution is -2.06. The number of aromatic nitrogens is 2. The topological polar surface area (TPSA) is 17.8 Å².